The lowest BCUT2D eigenvalue weighted by Gasteiger charge is -2.30. The van der Waals surface area contributed by atoms with Gasteiger partial charge in [-0.15, -0.1) is 0 Å². The minimum absolute atomic E-state index is 0.0186. The molecule has 22 heavy (non-hydrogen) atoms. The first-order valence-electron chi connectivity index (χ1n) is 8.49. The zero-order chi connectivity index (χ0) is 15.7. The summed E-state index contributed by atoms with van der Waals surface area (Å²) in [6.07, 6.45) is 4.69. The summed E-state index contributed by atoms with van der Waals surface area (Å²) >= 11 is 0. The molecule has 6 nitrogen and oxygen atoms in total. The molecule has 3 heterocycles. The number of nitrogens with zero attached hydrogens (tertiary/aromatic N) is 3. The average Bonchev–Trinajstić information content (AvgIpc) is 3.18. The number of likely N-dealkylation sites (tertiary alicyclic amines) is 3. The van der Waals surface area contributed by atoms with E-state index in [2.05, 4.69) is 4.90 Å². The van der Waals surface area contributed by atoms with Crippen LogP contribution >= 0.6 is 0 Å². The van der Waals surface area contributed by atoms with Crippen molar-refractivity contribution in [1.29, 1.82) is 0 Å². The van der Waals surface area contributed by atoms with E-state index in [1.54, 1.807) is 9.80 Å². The number of hydrogen-bond donors (Lipinski definition) is 1. The highest BCUT2D eigenvalue weighted by Crippen LogP contribution is 2.27. The lowest BCUT2D eigenvalue weighted by molar-refractivity contribution is -0.142. The molecule has 0 aromatic rings. The maximum atomic E-state index is 12.7. The summed E-state index contributed by atoms with van der Waals surface area (Å²) in [5.41, 5.74) is -0.778. The van der Waals surface area contributed by atoms with Gasteiger partial charge in [-0.2, -0.15) is 0 Å². The maximum Gasteiger partial charge on any atom is 0.245 e. The SMILES string of the molecule is CC(=O)N1CCC[C@@H]1C(=O)N1CC[C@@](O)(CN2CCCC2)C1. The van der Waals surface area contributed by atoms with Gasteiger partial charge >= 0.3 is 0 Å². The van der Waals surface area contributed by atoms with Gasteiger partial charge in [0, 0.05) is 26.6 Å². The largest absolute Gasteiger partial charge is 0.387 e. The van der Waals surface area contributed by atoms with Crippen LogP contribution in [-0.4, -0.2) is 82.5 Å². The second-order valence-corrected chi connectivity index (χ2v) is 7.09. The van der Waals surface area contributed by atoms with Gasteiger partial charge in [0.25, 0.3) is 0 Å². The van der Waals surface area contributed by atoms with Crippen LogP contribution in [0.1, 0.15) is 39.0 Å². The summed E-state index contributed by atoms with van der Waals surface area (Å²) in [6.45, 7) is 5.98. The van der Waals surface area contributed by atoms with Crippen LogP contribution in [0.25, 0.3) is 0 Å². The van der Waals surface area contributed by atoms with Gasteiger partial charge in [-0.05, 0) is 45.2 Å². The van der Waals surface area contributed by atoms with Crippen molar-refractivity contribution in [1.82, 2.24) is 14.7 Å². The lowest BCUT2D eigenvalue weighted by Crippen LogP contribution is -2.49. The third-order valence-corrected chi connectivity index (χ3v) is 5.30. The summed E-state index contributed by atoms with van der Waals surface area (Å²) in [6, 6.07) is -0.313. The van der Waals surface area contributed by atoms with Crippen molar-refractivity contribution in [3.63, 3.8) is 0 Å². The van der Waals surface area contributed by atoms with Gasteiger partial charge in [0.15, 0.2) is 0 Å². The summed E-state index contributed by atoms with van der Waals surface area (Å²) < 4.78 is 0. The van der Waals surface area contributed by atoms with Gasteiger partial charge in [0.2, 0.25) is 11.8 Å². The molecule has 2 amide bonds. The van der Waals surface area contributed by atoms with Crippen molar-refractivity contribution in [3.05, 3.63) is 0 Å². The standard InChI is InChI=1S/C16H27N3O3/c1-13(20)19-9-4-5-14(19)15(21)18-10-6-16(22,12-18)11-17-7-2-3-8-17/h14,22H,2-12H2,1H3/t14-,16-/m1/s1. The molecule has 0 aromatic carbocycles. The maximum absolute atomic E-state index is 12.7. The summed E-state index contributed by atoms with van der Waals surface area (Å²) in [7, 11) is 0. The first-order valence-corrected chi connectivity index (χ1v) is 8.49. The van der Waals surface area contributed by atoms with E-state index in [0.717, 1.165) is 25.9 Å². The molecule has 3 aliphatic rings. The van der Waals surface area contributed by atoms with Crippen LogP contribution in [0.3, 0.4) is 0 Å². The van der Waals surface area contributed by atoms with Crippen molar-refractivity contribution >= 4 is 11.8 Å². The Bertz CT molecular complexity index is 450. The summed E-state index contributed by atoms with van der Waals surface area (Å²) in [5.74, 6) is -0.00702. The number of hydrogen-bond acceptors (Lipinski definition) is 4. The van der Waals surface area contributed by atoms with Gasteiger partial charge < -0.3 is 19.8 Å². The van der Waals surface area contributed by atoms with E-state index < -0.39 is 5.60 Å². The third-order valence-electron chi connectivity index (χ3n) is 5.30. The van der Waals surface area contributed by atoms with Gasteiger partial charge in [-0.1, -0.05) is 0 Å². The van der Waals surface area contributed by atoms with Crippen LogP contribution in [0.4, 0.5) is 0 Å². The van der Waals surface area contributed by atoms with Crippen molar-refractivity contribution in [2.75, 3.05) is 39.3 Å². The smallest absolute Gasteiger partial charge is 0.245 e. The molecule has 0 aliphatic carbocycles. The molecule has 124 valence electrons. The molecule has 0 spiro atoms. The van der Waals surface area contributed by atoms with Crippen LogP contribution in [0.5, 0.6) is 0 Å². The molecule has 2 atom stereocenters. The minimum Gasteiger partial charge on any atom is -0.387 e. The molecule has 3 saturated heterocycles. The zero-order valence-electron chi connectivity index (χ0n) is 13.5. The molecule has 0 unspecified atom stereocenters. The van der Waals surface area contributed by atoms with Crippen molar-refractivity contribution in [2.24, 2.45) is 0 Å². The molecule has 3 fully saturated rings. The van der Waals surface area contributed by atoms with Crippen LogP contribution in [0.15, 0.2) is 0 Å². The predicted molar refractivity (Wildman–Crippen MR) is 82.2 cm³/mol. The Morgan fingerprint density at radius 2 is 1.86 bits per heavy atom. The van der Waals surface area contributed by atoms with Gasteiger partial charge in [0.1, 0.15) is 6.04 Å². The summed E-state index contributed by atoms with van der Waals surface area (Å²) in [5, 5.41) is 10.8. The molecule has 0 bridgehead atoms. The topological polar surface area (TPSA) is 64.1 Å². The molecule has 3 rings (SSSR count). The fourth-order valence-corrected chi connectivity index (χ4v) is 4.14. The first kappa shape index (κ1) is 15.7. The van der Waals surface area contributed by atoms with E-state index in [-0.39, 0.29) is 17.9 Å². The van der Waals surface area contributed by atoms with Crippen molar-refractivity contribution < 1.29 is 14.7 Å². The van der Waals surface area contributed by atoms with E-state index in [1.807, 2.05) is 0 Å². The fourth-order valence-electron chi connectivity index (χ4n) is 4.14. The monoisotopic (exact) mass is 309 g/mol. The van der Waals surface area contributed by atoms with Crippen molar-refractivity contribution in [3.8, 4) is 0 Å². The molecule has 6 heteroatoms. The zero-order valence-corrected chi connectivity index (χ0v) is 13.5. The number of carbonyl (C=O) groups excluding carboxylic acids is 2. The van der Waals surface area contributed by atoms with E-state index in [0.29, 0.717) is 32.6 Å². The summed E-state index contributed by atoms with van der Waals surface area (Å²) in [4.78, 5) is 30.1. The number of rotatable bonds is 3. The second-order valence-electron chi connectivity index (χ2n) is 7.09. The normalized spacial score (nSPS) is 32.9. The highest BCUT2D eigenvalue weighted by atomic mass is 16.3. The number of amides is 2. The average molecular weight is 309 g/mol. The third kappa shape index (κ3) is 3.13. The van der Waals surface area contributed by atoms with E-state index >= 15 is 0 Å². The van der Waals surface area contributed by atoms with E-state index in [1.165, 1.54) is 19.8 Å². The Balaban J connectivity index is 1.59. The van der Waals surface area contributed by atoms with Crippen LogP contribution in [0, 0.1) is 0 Å². The Hall–Kier alpha value is -1.14. The molecule has 0 aromatic heterocycles. The first-order chi connectivity index (χ1) is 10.5. The van der Waals surface area contributed by atoms with Gasteiger partial charge in [0.05, 0.1) is 12.1 Å². The van der Waals surface area contributed by atoms with Crippen LogP contribution in [-0.2, 0) is 9.59 Å². The van der Waals surface area contributed by atoms with Gasteiger partial charge in [-0.3, -0.25) is 9.59 Å². The molecule has 1 N–H and O–H groups in total. The highest BCUT2D eigenvalue weighted by Gasteiger charge is 2.43. The molecule has 0 radical (unpaired) electrons. The fraction of sp³-hybridized carbons (Fsp3) is 0.875. The van der Waals surface area contributed by atoms with E-state index in [9.17, 15) is 14.7 Å². The number of carbonyl (C=O) groups is 2. The number of β-amino-alcohol motifs (C(OH)–C–C–N with tert-alkyl or cyclic N) is 1. The Morgan fingerprint density at radius 3 is 2.55 bits per heavy atom. The molecular formula is C16H27N3O3. The van der Waals surface area contributed by atoms with E-state index in [4.69, 9.17) is 0 Å². The second kappa shape index (κ2) is 6.16. The Labute approximate surface area is 132 Å². The molecular weight excluding hydrogens is 282 g/mol. The van der Waals surface area contributed by atoms with Crippen LogP contribution in [0.2, 0.25) is 0 Å². The Kier molecular flexibility index (Phi) is 4.41. The predicted octanol–water partition coefficient (Wildman–Crippen LogP) is 0.0565. The minimum atomic E-state index is -0.778. The Morgan fingerprint density at radius 1 is 1.14 bits per heavy atom. The molecule has 0 saturated carbocycles. The number of aliphatic hydroxyl groups is 1. The quantitative estimate of drug-likeness (QED) is 0.800. The van der Waals surface area contributed by atoms with Crippen LogP contribution < -0.4 is 0 Å². The lowest BCUT2D eigenvalue weighted by atomic mass is 10.0. The molecule has 3 aliphatic heterocycles. The highest BCUT2D eigenvalue weighted by molar-refractivity contribution is 5.87. The van der Waals surface area contributed by atoms with Gasteiger partial charge in [-0.25, -0.2) is 0 Å². The van der Waals surface area contributed by atoms with Crippen molar-refractivity contribution in [2.45, 2.75) is 50.7 Å².